The van der Waals surface area contributed by atoms with Crippen LogP contribution in [-0.2, 0) is 5.60 Å². The number of rotatable bonds is 2. The monoisotopic (exact) mass is 318 g/mol. The number of hydrogen-bond acceptors (Lipinski definition) is 1. The Bertz CT molecular complexity index is 847. The fraction of sp³-hybridized carbons (Fsp3) is 0.0476. The van der Waals surface area contributed by atoms with E-state index in [4.69, 9.17) is 11.6 Å². The molecule has 0 spiro atoms. The van der Waals surface area contributed by atoms with Crippen LogP contribution in [0.1, 0.15) is 16.7 Å². The molecule has 0 radical (unpaired) electrons. The molecule has 3 aromatic carbocycles. The zero-order chi connectivity index (χ0) is 16.1. The second kappa shape index (κ2) is 6.71. The molecule has 0 aliphatic heterocycles. The summed E-state index contributed by atoms with van der Waals surface area (Å²) >= 11 is 6.10. The van der Waals surface area contributed by atoms with Gasteiger partial charge in [0.1, 0.15) is 0 Å². The van der Waals surface area contributed by atoms with E-state index in [1.807, 2.05) is 72.8 Å². The molecule has 1 N–H and O–H groups in total. The van der Waals surface area contributed by atoms with Crippen molar-refractivity contribution in [1.82, 2.24) is 0 Å². The minimum Gasteiger partial charge on any atom is -0.369 e. The topological polar surface area (TPSA) is 20.2 Å². The van der Waals surface area contributed by atoms with Crippen LogP contribution in [0, 0.1) is 11.8 Å². The maximum Gasteiger partial charge on any atom is 0.177 e. The van der Waals surface area contributed by atoms with Gasteiger partial charge in [0, 0.05) is 21.7 Å². The summed E-state index contributed by atoms with van der Waals surface area (Å²) in [5.74, 6) is 6.08. The maximum atomic E-state index is 11.3. The summed E-state index contributed by atoms with van der Waals surface area (Å²) in [5.41, 5.74) is 0.802. The Morgan fingerprint density at radius 3 is 2.00 bits per heavy atom. The van der Waals surface area contributed by atoms with Crippen molar-refractivity contribution in [2.24, 2.45) is 0 Å². The second-order valence-corrected chi connectivity index (χ2v) is 5.64. The molecule has 0 bridgehead atoms. The zero-order valence-corrected chi connectivity index (χ0v) is 13.2. The predicted molar refractivity (Wildman–Crippen MR) is 94.2 cm³/mol. The summed E-state index contributed by atoms with van der Waals surface area (Å²) in [6, 6.07) is 26.2. The van der Waals surface area contributed by atoms with Crippen molar-refractivity contribution in [2.45, 2.75) is 5.60 Å². The van der Waals surface area contributed by atoms with Crippen LogP contribution in [0.4, 0.5) is 0 Å². The Kier molecular flexibility index (Phi) is 4.48. The van der Waals surface area contributed by atoms with Crippen LogP contribution in [0.2, 0.25) is 5.02 Å². The molecule has 2 heteroatoms. The van der Waals surface area contributed by atoms with E-state index >= 15 is 0 Å². The summed E-state index contributed by atoms with van der Waals surface area (Å²) in [5, 5.41) is 11.9. The molecule has 1 atom stereocenters. The summed E-state index contributed by atoms with van der Waals surface area (Å²) < 4.78 is 0. The number of aliphatic hydroxyl groups is 1. The lowest BCUT2D eigenvalue weighted by atomic mass is 9.86. The van der Waals surface area contributed by atoms with E-state index in [1.165, 1.54) is 0 Å². The Morgan fingerprint density at radius 1 is 0.739 bits per heavy atom. The largest absolute Gasteiger partial charge is 0.369 e. The van der Waals surface area contributed by atoms with Crippen molar-refractivity contribution >= 4 is 11.6 Å². The quantitative estimate of drug-likeness (QED) is 0.683. The van der Waals surface area contributed by atoms with E-state index in [0.717, 1.165) is 5.56 Å². The molecule has 3 rings (SSSR count). The Balaban J connectivity index is 2.13. The molecular formula is C21H15ClO. The highest BCUT2D eigenvalue weighted by Crippen LogP contribution is 2.30. The van der Waals surface area contributed by atoms with Crippen LogP contribution >= 0.6 is 11.6 Å². The number of halogens is 1. The van der Waals surface area contributed by atoms with Gasteiger partial charge < -0.3 is 5.11 Å². The van der Waals surface area contributed by atoms with Gasteiger partial charge in [0.2, 0.25) is 0 Å². The van der Waals surface area contributed by atoms with E-state index in [9.17, 15) is 5.11 Å². The van der Waals surface area contributed by atoms with Crippen molar-refractivity contribution in [1.29, 1.82) is 0 Å². The molecule has 3 aromatic rings. The molecule has 1 nitrogen and oxygen atoms in total. The predicted octanol–water partition coefficient (Wildman–Crippen LogP) is 4.63. The first-order valence-corrected chi connectivity index (χ1v) is 7.68. The van der Waals surface area contributed by atoms with Gasteiger partial charge in [-0.1, -0.05) is 84.1 Å². The van der Waals surface area contributed by atoms with Crippen LogP contribution < -0.4 is 0 Å². The Labute approximate surface area is 141 Å². The fourth-order valence-electron chi connectivity index (χ4n) is 2.39. The highest BCUT2D eigenvalue weighted by molar-refractivity contribution is 6.30. The van der Waals surface area contributed by atoms with Crippen molar-refractivity contribution in [3.63, 3.8) is 0 Å². The molecule has 0 amide bonds. The van der Waals surface area contributed by atoms with Crippen LogP contribution in [0.25, 0.3) is 0 Å². The fourth-order valence-corrected chi connectivity index (χ4v) is 2.58. The van der Waals surface area contributed by atoms with E-state index in [2.05, 4.69) is 11.8 Å². The van der Waals surface area contributed by atoms with Gasteiger partial charge in [-0.05, 0) is 24.3 Å². The van der Waals surface area contributed by atoms with Gasteiger partial charge >= 0.3 is 0 Å². The lowest BCUT2D eigenvalue weighted by Gasteiger charge is -2.23. The van der Waals surface area contributed by atoms with Gasteiger partial charge in [-0.15, -0.1) is 0 Å². The summed E-state index contributed by atoms with van der Waals surface area (Å²) in [4.78, 5) is 0. The van der Waals surface area contributed by atoms with Gasteiger partial charge in [-0.25, -0.2) is 0 Å². The van der Waals surface area contributed by atoms with Crippen LogP contribution in [0.3, 0.4) is 0 Å². The van der Waals surface area contributed by atoms with Crippen molar-refractivity contribution in [3.8, 4) is 11.8 Å². The highest BCUT2D eigenvalue weighted by Gasteiger charge is 2.29. The second-order valence-electron chi connectivity index (χ2n) is 5.20. The van der Waals surface area contributed by atoms with Crippen LogP contribution in [0.5, 0.6) is 0 Å². The third kappa shape index (κ3) is 3.46. The third-order valence-electron chi connectivity index (χ3n) is 3.60. The Hall–Kier alpha value is -2.53. The molecular weight excluding hydrogens is 304 g/mol. The average molecular weight is 319 g/mol. The van der Waals surface area contributed by atoms with Gasteiger partial charge in [-0.3, -0.25) is 0 Å². The smallest absolute Gasteiger partial charge is 0.177 e. The molecule has 1 unspecified atom stereocenters. The summed E-state index contributed by atoms with van der Waals surface area (Å²) in [6.07, 6.45) is 0. The first-order valence-electron chi connectivity index (χ1n) is 7.31. The molecule has 0 saturated carbocycles. The maximum absolute atomic E-state index is 11.3. The van der Waals surface area contributed by atoms with Gasteiger partial charge in [-0.2, -0.15) is 0 Å². The van der Waals surface area contributed by atoms with Gasteiger partial charge in [0.05, 0.1) is 0 Å². The van der Waals surface area contributed by atoms with Crippen LogP contribution in [0.15, 0.2) is 84.9 Å². The minimum atomic E-state index is -1.41. The zero-order valence-electron chi connectivity index (χ0n) is 12.4. The molecule has 23 heavy (non-hydrogen) atoms. The van der Waals surface area contributed by atoms with Crippen molar-refractivity contribution in [2.75, 3.05) is 0 Å². The lowest BCUT2D eigenvalue weighted by molar-refractivity contribution is 0.145. The standard InChI is InChI=1S/C21H15ClO/c22-20-13-7-12-19(16-20)21(23,18-10-5-2-6-11-18)15-14-17-8-3-1-4-9-17/h1-13,16,23H. The molecule has 0 aliphatic rings. The van der Waals surface area contributed by atoms with E-state index in [0.29, 0.717) is 16.1 Å². The van der Waals surface area contributed by atoms with Crippen LogP contribution in [-0.4, -0.2) is 5.11 Å². The summed E-state index contributed by atoms with van der Waals surface area (Å²) in [7, 11) is 0. The summed E-state index contributed by atoms with van der Waals surface area (Å²) in [6.45, 7) is 0. The third-order valence-corrected chi connectivity index (χ3v) is 3.83. The minimum absolute atomic E-state index is 0.568. The molecule has 0 aliphatic carbocycles. The normalized spacial score (nSPS) is 12.8. The molecule has 0 heterocycles. The highest BCUT2D eigenvalue weighted by atomic mass is 35.5. The molecule has 0 saturated heterocycles. The molecule has 112 valence electrons. The number of hydrogen-bond donors (Lipinski definition) is 1. The van der Waals surface area contributed by atoms with Crippen molar-refractivity contribution in [3.05, 3.63) is 107 Å². The SMILES string of the molecule is OC(C#Cc1ccccc1)(c1ccccc1)c1cccc(Cl)c1. The van der Waals surface area contributed by atoms with E-state index in [1.54, 1.807) is 12.1 Å². The molecule has 0 aromatic heterocycles. The Morgan fingerprint density at radius 2 is 1.35 bits per heavy atom. The first-order chi connectivity index (χ1) is 11.2. The molecule has 0 fully saturated rings. The first kappa shape index (κ1) is 15.4. The lowest BCUT2D eigenvalue weighted by Crippen LogP contribution is -2.25. The van der Waals surface area contributed by atoms with E-state index in [-0.39, 0.29) is 0 Å². The van der Waals surface area contributed by atoms with Crippen molar-refractivity contribution < 1.29 is 5.11 Å². The average Bonchev–Trinajstić information content (AvgIpc) is 2.61. The number of benzene rings is 3. The van der Waals surface area contributed by atoms with E-state index < -0.39 is 5.60 Å². The van der Waals surface area contributed by atoms with Gasteiger partial charge in [0.15, 0.2) is 5.60 Å². The van der Waals surface area contributed by atoms with Gasteiger partial charge in [0.25, 0.3) is 0 Å².